The first kappa shape index (κ1) is 16.6. The molecule has 0 spiro atoms. The highest BCUT2D eigenvalue weighted by atomic mass is 32.1. The minimum Gasteiger partial charge on any atom is -0.466 e. The molecule has 1 aliphatic heterocycles. The number of ether oxygens (including phenoxy) is 1. The molecular formula is C17H15FN2O2S2. The average molecular weight is 362 g/mol. The van der Waals surface area contributed by atoms with Crippen LogP contribution in [0.15, 0.2) is 47.0 Å². The number of esters is 1. The lowest BCUT2D eigenvalue weighted by Gasteiger charge is -2.29. The molecule has 1 aromatic carbocycles. The van der Waals surface area contributed by atoms with Crippen molar-refractivity contribution in [3.8, 4) is 10.4 Å². The van der Waals surface area contributed by atoms with Crippen LogP contribution in [0.4, 0.5) is 4.39 Å². The molecule has 1 atom stereocenters. The molecule has 1 aliphatic rings. The summed E-state index contributed by atoms with van der Waals surface area (Å²) in [6, 6.07) is 8.13. The van der Waals surface area contributed by atoms with Gasteiger partial charge in [-0.2, -0.15) is 0 Å². The van der Waals surface area contributed by atoms with Crippen LogP contribution in [0.2, 0.25) is 0 Å². The lowest BCUT2D eigenvalue weighted by atomic mass is 9.94. The zero-order valence-corrected chi connectivity index (χ0v) is 14.7. The van der Waals surface area contributed by atoms with Gasteiger partial charge in [-0.25, -0.2) is 9.18 Å². The molecule has 1 aromatic heterocycles. The maximum atomic E-state index is 14.7. The Morgan fingerprint density at radius 2 is 2.17 bits per heavy atom. The molecule has 2 aromatic rings. The Labute approximate surface area is 148 Å². The van der Waals surface area contributed by atoms with Gasteiger partial charge in [0.2, 0.25) is 0 Å². The fourth-order valence-electron chi connectivity index (χ4n) is 2.66. The molecule has 4 nitrogen and oxygen atoms in total. The fraction of sp³-hybridized carbons (Fsp3) is 0.176. The van der Waals surface area contributed by atoms with E-state index in [1.807, 2.05) is 23.6 Å². The van der Waals surface area contributed by atoms with E-state index in [9.17, 15) is 9.18 Å². The van der Waals surface area contributed by atoms with E-state index in [0.29, 0.717) is 21.9 Å². The van der Waals surface area contributed by atoms with Gasteiger partial charge in [0.15, 0.2) is 5.11 Å². The van der Waals surface area contributed by atoms with Crippen LogP contribution in [0.3, 0.4) is 0 Å². The quantitative estimate of drug-likeness (QED) is 0.646. The molecule has 0 radical (unpaired) electrons. The zero-order chi connectivity index (χ0) is 17.3. The Hall–Kier alpha value is -2.25. The molecule has 0 saturated heterocycles. The van der Waals surface area contributed by atoms with Gasteiger partial charge < -0.3 is 15.4 Å². The van der Waals surface area contributed by atoms with E-state index in [1.165, 1.54) is 24.5 Å². The third-order valence-corrected chi connectivity index (χ3v) is 4.93. The minimum atomic E-state index is -0.691. The van der Waals surface area contributed by atoms with Crippen LogP contribution >= 0.6 is 23.6 Å². The van der Waals surface area contributed by atoms with Crippen molar-refractivity contribution in [2.24, 2.45) is 0 Å². The number of hydrogen-bond acceptors (Lipinski definition) is 4. The summed E-state index contributed by atoms with van der Waals surface area (Å²) in [5.41, 5.74) is 2.01. The van der Waals surface area contributed by atoms with E-state index < -0.39 is 17.8 Å². The molecule has 0 amide bonds. The largest absolute Gasteiger partial charge is 0.466 e. The first-order valence-corrected chi connectivity index (χ1v) is 8.50. The Bertz CT molecular complexity index is 831. The first-order valence-electron chi connectivity index (χ1n) is 7.21. The van der Waals surface area contributed by atoms with Crippen molar-refractivity contribution in [3.63, 3.8) is 0 Å². The van der Waals surface area contributed by atoms with E-state index >= 15 is 0 Å². The summed E-state index contributed by atoms with van der Waals surface area (Å²) in [6.45, 7) is 1.71. The Morgan fingerprint density at radius 1 is 1.38 bits per heavy atom. The maximum absolute atomic E-state index is 14.7. The third kappa shape index (κ3) is 3.05. The number of thiocarbonyl (C=S) groups is 1. The SMILES string of the molecule is COC(=O)C1=C(C)NC(=S)NC1c1ccc(-c2cccs2)cc1F. The van der Waals surface area contributed by atoms with Crippen LogP contribution in [0, 0.1) is 5.82 Å². The van der Waals surface area contributed by atoms with Gasteiger partial charge in [0.1, 0.15) is 5.82 Å². The molecule has 2 heterocycles. The Morgan fingerprint density at radius 3 is 2.79 bits per heavy atom. The van der Waals surface area contributed by atoms with Gasteiger partial charge >= 0.3 is 5.97 Å². The zero-order valence-electron chi connectivity index (χ0n) is 13.1. The number of thiophene rings is 1. The lowest BCUT2D eigenvalue weighted by molar-refractivity contribution is -0.136. The summed E-state index contributed by atoms with van der Waals surface area (Å²) in [5, 5.41) is 8.10. The second-order valence-corrected chi connectivity index (χ2v) is 6.63. The predicted molar refractivity (Wildman–Crippen MR) is 96.0 cm³/mol. The summed E-state index contributed by atoms with van der Waals surface area (Å²) in [7, 11) is 1.29. The van der Waals surface area contributed by atoms with Gasteiger partial charge in [-0.15, -0.1) is 11.3 Å². The monoisotopic (exact) mass is 362 g/mol. The average Bonchev–Trinajstić information content (AvgIpc) is 3.08. The number of allylic oxidation sites excluding steroid dienone is 1. The van der Waals surface area contributed by atoms with Gasteiger partial charge in [-0.1, -0.05) is 18.2 Å². The molecule has 0 fully saturated rings. The molecule has 0 bridgehead atoms. The second kappa shape index (κ2) is 6.70. The first-order chi connectivity index (χ1) is 11.5. The second-order valence-electron chi connectivity index (χ2n) is 5.28. The highest BCUT2D eigenvalue weighted by molar-refractivity contribution is 7.80. The molecule has 0 aliphatic carbocycles. The van der Waals surface area contributed by atoms with Crippen LogP contribution in [0.5, 0.6) is 0 Å². The summed E-state index contributed by atoms with van der Waals surface area (Å²) in [6.07, 6.45) is 0. The highest BCUT2D eigenvalue weighted by Gasteiger charge is 2.32. The molecule has 3 rings (SSSR count). The molecule has 24 heavy (non-hydrogen) atoms. The van der Waals surface area contributed by atoms with Crippen molar-refractivity contribution in [1.82, 2.24) is 10.6 Å². The molecular weight excluding hydrogens is 347 g/mol. The molecule has 124 valence electrons. The van der Waals surface area contributed by atoms with E-state index in [0.717, 1.165) is 10.4 Å². The standard InChI is InChI=1S/C17H15FN2O2S2/c1-9-14(16(21)22-2)15(20-17(23)19-9)11-6-5-10(8-12(11)18)13-4-3-7-24-13/h3-8,15H,1-2H3,(H2,19,20,23). The van der Waals surface area contributed by atoms with Crippen LogP contribution in [0.25, 0.3) is 10.4 Å². The van der Waals surface area contributed by atoms with E-state index in [2.05, 4.69) is 10.6 Å². The summed E-state index contributed by atoms with van der Waals surface area (Å²) in [4.78, 5) is 13.1. The number of benzene rings is 1. The van der Waals surface area contributed by atoms with Crippen molar-refractivity contribution in [3.05, 3.63) is 58.4 Å². The van der Waals surface area contributed by atoms with Crippen LogP contribution < -0.4 is 10.6 Å². The predicted octanol–water partition coefficient (Wildman–Crippen LogP) is 3.52. The molecule has 1 unspecified atom stereocenters. The normalized spacial score (nSPS) is 17.3. The van der Waals surface area contributed by atoms with Crippen LogP contribution in [-0.4, -0.2) is 18.2 Å². The number of nitrogens with one attached hydrogen (secondary N) is 2. The summed E-state index contributed by atoms with van der Waals surface area (Å²) in [5.74, 6) is -0.931. The molecule has 7 heteroatoms. The van der Waals surface area contributed by atoms with Crippen molar-refractivity contribution in [2.75, 3.05) is 7.11 Å². The van der Waals surface area contributed by atoms with Crippen LogP contribution in [-0.2, 0) is 9.53 Å². The number of hydrogen-bond donors (Lipinski definition) is 2. The molecule has 0 saturated carbocycles. The van der Waals surface area contributed by atoms with Crippen LogP contribution in [0.1, 0.15) is 18.5 Å². The summed E-state index contributed by atoms with van der Waals surface area (Å²) < 4.78 is 19.6. The van der Waals surface area contributed by atoms with Crippen molar-refractivity contribution in [1.29, 1.82) is 0 Å². The topological polar surface area (TPSA) is 50.4 Å². The van der Waals surface area contributed by atoms with Crippen molar-refractivity contribution < 1.29 is 13.9 Å². The van der Waals surface area contributed by atoms with E-state index in [4.69, 9.17) is 17.0 Å². The maximum Gasteiger partial charge on any atom is 0.337 e. The van der Waals surface area contributed by atoms with Gasteiger partial charge in [0.05, 0.1) is 18.7 Å². The number of methoxy groups -OCH3 is 1. The number of carbonyl (C=O) groups is 1. The van der Waals surface area contributed by atoms with Crippen molar-refractivity contribution >= 4 is 34.6 Å². The van der Waals surface area contributed by atoms with Crippen molar-refractivity contribution in [2.45, 2.75) is 13.0 Å². The summed E-state index contributed by atoms with van der Waals surface area (Å²) >= 11 is 6.68. The smallest absolute Gasteiger partial charge is 0.337 e. The minimum absolute atomic E-state index is 0.314. The Balaban J connectivity index is 2.04. The number of halogens is 1. The van der Waals surface area contributed by atoms with Gasteiger partial charge in [-0.3, -0.25) is 0 Å². The fourth-order valence-corrected chi connectivity index (χ4v) is 3.66. The molecule has 2 N–H and O–H groups in total. The van der Waals surface area contributed by atoms with E-state index in [-0.39, 0.29) is 0 Å². The van der Waals surface area contributed by atoms with Gasteiger partial charge in [0.25, 0.3) is 0 Å². The van der Waals surface area contributed by atoms with Gasteiger partial charge in [-0.05, 0) is 42.2 Å². The third-order valence-electron chi connectivity index (χ3n) is 3.79. The van der Waals surface area contributed by atoms with E-state index in [1.54, 1.807) is 13.0 Å². The van der Waals surface area contributed by atoms with Gasteiger partial charge in [0, 0.05) is 16.1 Å². The highest BCUT2D eigenvalue weighted by Crippen LogP contribution is 2.32. The number of rotatable bonds is 3. The lowest BCUT2D eigenvalue weighted by Crippen LogP contribution is -2.45. The Kier molecular flexibility index (Phi) is 4.64. The number of carbonyl (C=O) groups excluding carboxylic acids is 1.